The summed E-state index contributed by atoms with van der Waals surface area (Å²) in [5.41, 5.74) is 10.1. The summed E-state index contributed by atoms with van der Waals surface area (Å²) in [4.78, 5) is 18.9. The quantitative estimate of drug-likeness (QED) is 0.181. The average Bonchev–Trinajstić information content (AvgIpc) is 3.28. The molecule has 0 radical (unpaired) electrons. The van der Waals surface area contributed by atoms with Gasteiger partial charge in [0.05, 0.1) is 14.2 Å². The van der Waals surface area contributed by atoms with E-state index in [2.05, 4.69) is 48.0 Å². The topological polar surface area (TPSA) is 74.7 Å². The molecule has 2 N–H and O–H groups in total. The van der Waals surface area contributed by atoms with E-state index in [1.807, 2.05) is 37.4 Å². The van der Waals surface area contributed by atoms with Crippen LogP contribution in [0.2, 0.25) is 0 Å². The van der Waals surface area contributed by atoms with Gasteiger partial charge in [-0.3, -0.25) is 4.40 Å². The Balaban J connectivity index is 0. The molecule has 8 heteroatoms. The Labute approximate surface area is 234 Å². The highest BCUT2D eigenvalue weighted by Crippen LogP contribution is 2.36. The molecule has 0 unspecified atom stereocenters. The Morgan fingerprint density at radius 2 is 1.76 bits per heavy atom. The maximum atomic E-state index is 6.09. The molecule has 6 nitrogen and oxygen atoms in total. The van der Waals surface area contributed by atoms with Gasteiger partial charge in [0.2, 0.25) is 0 Å². The molecule has 2 aromatic heterocycles. The molecule has 0 aliphatic carbocycles. The van der Waals surface area contributed by atoms with Gasteiger partial charge in [0, 0.05) is 34.8 Å². The number of halogens is 1. The SMILES string of the molecule is C#C/C(C)=C(\C)SC(=C)c1nc(CCCC)n2ccnc(N)c12.CC/C=C/Cl.CCCCC.COOC. The molecule has 2 aromatic rings. The van der Waals surface area contributed by atoms with Crippen molar-refractivity contribution in [3.8, 4) is 12.3 Å². The number of aryl methyl sites for hydroxylation is 1. The first-order valence-corrected chi connectivity index (χ1v) is 13.9. The van der Waals surface area contributed by atoms with Gasteiger partial charge in [-0.1, -0.05) is 95.3 Å². The van der Waals surface area contributed by atoms with E-state index in [9.17, 15) is 0 Å². The van der Waals surface area contributed by atoms with Crippen LogP contribution in [0.3, 0.4) is 0 Å². The van der Waals surface area contributed by atoms with Gasteiger partial charge < -0.3 is 5.73 Å². The van der Waals surface area contributed by atoms with Gasteiger partial charge in [0.15, 0.2) is 0 Å². The zero-order chi connectivity index (χ0) is 28.6. The van der Waals surface area contributed by atoms with Crippen LogP contribution < -0.4 is 5.73 Å². The Kier molecular flexibility index (Phi) is 24.1. The highest BCUT2D eigenvalue weighted by molar-refractivity contribution is 8.11. The summed E-state index contributed by atoms with van der Waals surface area (Å²) in [6, 6.07) is 0. The molecular weight excluding hydrogens is 504 g/mol. The number of fused-ring (bicyclic) bond motifs is 1. The zero-order valence-corrected chi connectivity index (χ0v) is 25.6. The lowest BCUT2D eigenvalue weighted by molar-refractivity contribution is -0.248. The van der Waals surface area contributed by atoms with E-state index >= 15 is 0 Å². The number of aromatic nitrogens is 3. The van der Waals surface area contributed by atoms with E-state index in [0.29, 0.717) is 5.82 Å². The van der Waals surface area contributed by atoms with Crippen LogP contribution in [0, 0.1) is 12.3 Å². The number of unbranched alkanes of at least 4 members (excludes halogenated alkanes) is 3. The predicted octanol–water partition coefficient (Wildman–Crippen LogP) is 8.82. The first-order valence-electron chi connectivity index (χ1n) is 12.7. The molecule has 2 rings (SSSR count). The number of rotatable bonds is 10. The Hall–Kier alpha value is -2.24. The van der Waals surface area contributed by atoms with Crippen LogP contribution in [0.5, 0.6) is 0 Å². The van der Waals surface area contributed by atoms with Gasteiger partial charge in [-0.25, -0.2) is 19.7 Å². The molecule has 2 heterocycles. The van der Waals surface area contributed by atoms with Crippen molar-refractivity contribution >= 4 is 39.6 Å². The maximum absolute atomic E-state index is 6.09. The number of terminal acetylenes is 1. The van der Waals surface area contributed by atoms with Crippen LogP contribution in [0.1, 0.15) is 91.6 Å². The average molecular weight is 551 g/mol. The minimum Gasteiger partial charge on any atom is -0.382 e. The number of anilines is 1. The first kappa shape index (κ1) is 36.9. The number of allylic oxidation sites excluding steroid dienone is 3. The predicted molar refractivity (Wildman–Crippen MR) is 164 cm³/mol. The van der Waals surface area contributed by atoms with Gasteiger partial charge in [0.1, 0.15) is 22.9 Å². The summed E-state index contributed by atoms with van der Waals surface area (Å²) in [6.07, 6.45) is 19.2. The highest BCUT2D eigenvalue weighted by Gasteiger charge is 2.17. The summed E-state index contributed by atoms with van der Waals surface area (Å²) >= 11 is 6.65. The summed E-state index contributed by atoms with van der Waals surface area (Å²) in [5.74, 6) is 4.11. The molecular formula is C29H47ClN4O2S. The summed E-state index contributed by atoms with van der Waals surface area (Å²) in [7, 11) is 2.92. The van der Waals surface area contributed by atoms with Crippen molar-refractivity contribution in [3.05, 3.63) is 52.6 Å². The van der Waals surface area contributed by atoms with Gasteiger partial charge in [0.25, 0.3) is 0 Å². The third-order valence-electron chi connectivity index (χ3n) is 4.89. The van der Waals surface area contributed by atoms with Crippen LogP contribution in [0.15, 0.2) is 41.1 Å². The molecule has 0 atom stereocenters. The number of thioether (sulfide) groups is 1. The monoisotopic (exact) mass is 550 g/mol. The molecule has 0 spiro atoms. The Morgan fingerprint density at radius 1 is 1.16 bits per heavy atom. The lowest BCUT2D eigenvalue weighted by Gasteiger charge is -2.06. The van der Waals surface area contributed by atoms with Gasteiger partial charge in [-0.15, -0.1) is 6.42 Å². The summed E-state index contributed by atoms with van der Waals surface area (Å²) in [6.45, 7) is 16.7. The van der Waals surface area contributed by atoms with Crippen molar-refractivity contribution in [1.82, 2.24) is 14.4 Å². The fourth-order valence-corrected chi connectivity index (χ4v) is 3.68. The molecule has 0 aliphatic heterocycles. The van der Waals surface area contributed by atoms with Crippen molar-refractivity contribution in [3.63, 3.8) is 0 Å². The minimum absolute atomic E-state index is 0.467. The molecule has 0 saturated heterocycles. The minimum atomic E-state index is 0.467. The van der Waals surface area contributed by atoms with Crippen molar-refractivity contribution < 1.29 is 9.78 Å². The van der Waals surface area contributed by atoms with Crippen LogP contribution in [-0.4, -0.2) is 28.6 Å². The third-order valence-corrected chi connectivity index (χ3v) is 6.12. The standard InChI is InChI=1S/C18H22N4S.C5H12.C4H7Cl.C2H6O2/c1-6-8-9-15-21-16(14(5)23-13(4)12(3)7-2)17-18(19)20-10-11-22(15)17;1-3-5-4-2;1-2-3-4-5;1-3-4-2/h2,10-11H,5-6,8-9H2,1,3-4H3,(H2,19,20);3-5H2,1-2H3;3-4H,2H2,1H3;1-2H3/b13-12+;;4-3+;. The van der Waals surface area contributed by atoms with Crippen LogP contribution in [0.4, 0.5) is 5.82 Å². The fourth-order valence-electron chi connectivity index (χ4n) is 2.69. The number of hydrogen-bond acceptors (Lipinski definition) is 6. The number of imidazole rings is 1. The number of hydrogen-bond donors (Lipinski definition) is 1. The summed E-state index contributed by atoms with van der Waals surface area (Å²) in [5, 5.41) is 0. The van der Waals surface area contributed by atoms with E-state index in [1.165, 1.54) is 50.8 Å². The molecule has 0 fully saturated rings. The Bertz CT molecular complexity index is 990. The largest absolute Gasteiger partial charge is 0.382 e. The summed E-state index contributed by atoms with van der Waals surface area (Å²) < 4.78 is 2.02. The molecule has 0 aliphatic rings. The van der Waals surface area contributed by atoms with Crippen LogP contribution in [-0.2, 0) is 16.2 Å². The van der Waals surface area contributed by atoms with Crippen molar-refractivity contribution in [2.45, 2.75) is 86.5 Å². The smallest absolute Gasteiger partial charge is 0.150 e. The van der Waals surface area contributed by atoms with Crippen LogP contribution in [0.25, 0.3) is 10.4 Å². The molecule has 0 bridgehead atoms. The van der Waals surface area contributed by atoms with Gasteiger partial charge in [-0.05, 0) is 31.6 Å². The normalized spacial score (nSPS) is 10.8. The van der Waals surface area contributed by atoms with Crippen molar-refractivity contribution in [2.24, 2.45) is 0 Å². The number of nitrogens with two attached hydrogens (primary N) is 1. The second-order valence-electron chi connectivity index (χ2n) is 7.82. The van der Waals surface area contributed by atoms with Gasteiger partial charge >= 0.3 is 0 Å². The molecule has 0 amide bonds. The van der Waals surface area contributed by atoms with E-state index in [1.54, 1.807) is 6.20 Å². The lowest BCUT2D eigenvalue weighted by Crippen LogP contribution is -1.98. The number of nitrogens with zero attached hydrogens (tertiary/aromatic N) is 3. The van der Waals surface area contributed by atoms with E-state index < -0.39 is 0 Å². The van der Waals surface area contributed by atoms with E-state index in [0.717, 1.165) is 58.1 Å². The van der Waals surface area contributed by atoms with E-state index in [-0.39, 0.29) is 0 Å². The molecule has 37 heavy (non-hydrogen) atoms. The molecule has 0 aromatic carbocycles. The zero-order valence-electron chi connectivity index (χ0n) is 24.1. The molecule has 208 valence electrons. The van der Waals surface area contributed by atoms with Crippen molar-refractivity contribution in [2.75, 3.05) is 20.0 Å². The highest BCUT2D eigenvalue weighted by atomic mass is 35.5. The fraction of sp³-hybridized carbons (Fsp3) is 0.517. The first-order chi connectivity index (χ1) is 17.7. The van der Waals surface area contributed by atoms with Crippen LogP contribution >= 0.6 is 23.4 Å². The van der Waals surface area contributed by atoms with Gasteiger partial charge in [-0.2, -0.15) is 0 Å². The lowest BCUT2D eigenvalue weighted by atomic mass is 10.2. The third kappa shape index (κ3) is 15.6. The second-order valence-corrected chi connectivity index (χ2v) is 9.38. The molecule has 0 saturated carbocycles. The second kappa shape index (κ2) is 24.1. The number of nitrogen functional groups attached to an aromatic ring is 1. The van der Waals surface area contributed by atoms with E-state index in [4.69, 9.17) is 28.7 Å². The maximum Gasteiger partial charge on any atom is 0.150 e. The van der Waals surface area contributed by atoms with Crippen molar-refractivity contribution in [1.29, 1.82) is 0 Å². The Morgan fingerprint density at radius 3 is 2.16 bits per heavy atom.